The van der Waals surface area contributed by atoms with Crippen molar-refractivity contribution in [2.75, 3.05) is 42.9 Å². The number of hydrogen-bond donors (Lipinski definition) is 2. The Morgan fingerprint density at radius 3 is 2.59 bits per heavy atom. The summed E-state index contributed by atoms with van der Waals surface area (Å²) in [4.78, 5) is 25.9. The molecule has 0 bridgehead atoms. The number of rotatable bonds is 5. The minimum absolute atomic E-state index is 0.0743. The van der Waals surface area contributed by atoms with Crippen LogP contribution in [-0.4, -0.2) is 59.5 Å². The van der Waals surface area contributed by atoms with Crippen LogP contribution < -0.4 is 15.5 Å². The molecule has 1 saturated heterocycles. The molecule has 1 aromatic heterocycles. The fourth-order valence-corrected chi connectivity index (χ4v) is 5.21. The zero-order valence-corrected chi connectivity index (χ0v) is 22.4. The van der Waals surface area contributed by atoms with Crippen molar-refractivity contribution < 1.29 is 9.18 Å². The third kappa shape index (κ3) is 5.13. The highest BCUT2D eigenvalue weighted by Gasteiger charge is 2.32. The van der Waals surface area contributed by atoms with Crippen molar-refractivity contribution in [3.05, 3.63) is 64.6 Å². The standard InChI is InChI=1S/C28H32ClFN6O/c1-17(2)35-9-11-36(12-10-35)24-14-19(6-8-23(24)30)33-27-31-15-22(29)25(34-27)18-5-7-20-21(13-18)28(3,4)16-32-26(20)37/h5-8,13-15,17H,9-12,16H2,1-4H3,(H,32,37)(H,31,33,34). The molecule has 2 aliphatic rings. The second-order valence-electron chi connectivity index (χ2n) is 10.6. The zero-order chi connectivity index (χ0) is 26.3. The van der Waals surface area contributed by atoms with E-state index in [1.807, 2.05) is 18.2 Å². The van der Waals surface area contributed by atoms with Gasteiger partial charge in [0.25, 0.3) is 5.91 Å². The quantitative estimate of drug-likeness (QED) is 0.478. The summed E-state index contributed by atoms with van der Waals surface area (Å²) in [6.07, 6.45) is 1.55. The highest BCUT2D eigenvalue weighted by Crippen LogP contribution is 2.35. The maximum Gasteiger partial charge on any atom is 0.251 e. The maximum atomic E-state index is 14.8. The van der Waals surface area contributed by atoms with Crippen LogP contribution in [0.5, 0.6) is 0 Å². The van der Waals surface area contributed by atoms with E-state index in [0.717, 1.165) is 37.3 Å². The Balaban J connectivity index is 1.40. The van der Waals surface area contributed by atoms with Gasteiger partial charge in [0.15, 0.2) is 0 Å². The van der Waals surface area contributed by atoms with Gasteiger partial charge in [-0.25, -0.2) is 14.4 Å². The summed E-state index contributed by atoms with van der Waals surface area (Å²) in [6.45, 7) is 12.5. The maximum absolute atomic E-state index is 14.8. The smallest absolute Gasteiger partial charge is 0.251 e. The number of fused-ring (bicyclic) bond motifs is 1. The first-order valence-electron chi connectivity index (χ1n) is 12.6. The number of anilines is 3. The van der Waals surface area contributed by atoms with Gasteiger partial charge in [0.1, 0.15) is 5.82 Å². The number of halogens is 2. The Hall–Kier alpha value is -3.23. The fraction of sp³-hybridized carbons (Fsp3) is 0.393. The normalized spacial score (nSPS) is 17.5. The predicted molar refractivity (Wildman–Crippen MR) is 146 cm³/mol. The number of aromatic nitrogens is 2. The summed E-state index contributed by atoms with van der Waals surface area (Å²) in [5.74, 6) is 0.0352. The number of carbonyl (C=O) groups is 1. The lowest BCUT2D eigenvalue weighted by molar-refractivity contribution is 0.0930. The Morgan fingerprint density at radius 1 is 1.11 bits per heavy atom. The largest absolute Gasteiger partial charge is 0.367 e. The third-order valence-electron chi connectivity index (χ3n) is 7.29. The molecule has 0 radical (unpaired) electrons. The molecule has 7 nitrogen and oxygen atoms in total. The molecule has 5 rings (SSSR count). The Morgan fingerprint density at radius 2 is 1.86 bits per heavy atom. The number of carbonyl (C=O) groups excluding carboxylic acids is 1. The van der Waals surface area contributed by atoms with Crippen molar-refractivity contribution in [3.8, 4) is 11.3 Å². The average molecular weight is 523 g/mol. The third-order valence-corrected chi connectivity index (χ3v) is 7.57. The lowest BCUT2D eigenvalue weighted by atomic mass is 9.78. The first-order chi connectivity index (χ1) is 17.6. The van der Waals surface area contributed by atoms with Crippen LogP contribution >= 0.6 is 11.6 Å². The second-order valence-corrected chi connectivity index (χ2v) is 11.0. The monoisotopic (exact) mass is 522 g/mol. The fourth-order valence-electron chi connectivity index (χ4n) is 5.01. The summed E-state index contributed by atoms with van der Waals surface area (Å²) < 4.78 is 14.8. The van der Waals surface area contributed by atoms with Crippen molar-refractivity contribution in [2.24, 2.45) is 0 Å². The Labute approximate surface area is 222 Å². The van der Waals surface area contributed by atoms with Gasteiger partial charge >= 0.3 is 0 Å². The van der Waals surface area contributed by atoms with Gasteiger partial charge in [0.2, 0.25) is 5.95 Å². The molecule has 0 saturated carbocycles. The van der Waals surface area contributed by atoms with Crippen molar-refractivity contribution in [1.29, 1.82) is 0 Å². The summed E-state index contributed by atoms with van der Waals surface area (Å²) in [5.41, 5.74) is 4.04. The number of piperazine rings is 1. The molecule has 0 unspecified atom stereocenters. The van der Waals surface area contributed by atoms with Crippen LogP contribution in [-0.2, 0) is 5.41 Å². The lowest BCUT2D eigenvalue weighted by Gasteiger charge is -2.38. The van der Waals surface area contributed by atoms with E-state index in [1.54, 1.807) is 18.3 Å². The van der Waals surface area contributed by atoms with Gasteiger partial charge in [0, 0.05) is 61.0 Å². The molecule has 2 N–H and O–H groups in total. The van der Waals surface area contributed by atoms with Gasteiger partial charge in [-0.15, -0.1) is 0 Å². The topological polar surface area (TPSA) is 73.4 Å². The molecular formula is C28H32ClFN6O. The molecular weight excluding hydrogens is 491 g/mol. The number of nitrogens with zero attached hydrogens (tertiary/aromatic N) is 4. The van der Waals surface area contributed by atoms with Crippen LogP contribution in [0.3, 0.4) is 0 Å². The van der Waals surface area contributed by atoms with Gasteiger partial charge in [-0.3, -0.25) is 9.69 Å². The van der Waals surface area contributed by atoms with Crippen molar-refractivity contribution >= 4 is 34.8 Å². The molecule has 37 heavy (non-hydrogen) atoms. The van der Waals surface area contributed by atoms with Crippen LogP contribution in [0.2, 0.25) is 5.02 Å². The first kappa shape index (κ1) is 25.4. The van der Waals surface area contributed by atoms with Gasteiger partial charge in [-0.1, -0.05) is 31.5 Å². The molecule has 9 heteroatoms. The number of nitrogens with one attached hydrogen (secondary N) is 2. The van der Waals surface area contributed by atoms with E-state index in [0.29, 0.717) is 46.2 Å². The van der Waals surface area contributed by atoms with Crippen LogP contribution in [0.25, 0.3) is 11.3 Å². The summed E-state index contributed by atoms with van der Waals surface area (Å²) in [6, 6.07) is 11.1. The molecule has 0 aliphatic carbocycles. The number of hydrogen-bond acceptors (Lipinski definition) is 6. The molecule has 2 aromatic carbocycles. The van der Waals surface area contributed by atoms with Gasteiger partial charge in [0.05, 0.1) is 22.6 Å². The predicted octanol–water partition coefficient (Wildman–Crippen LogP) is 5.23. The number of benzene rings is 2. The SMILES string of the molecule is CC(C)N1CCN(c2cc(Nc3ncc(Cl)c(-c4ccc5c(c4)C(C)(C)CNC5=O)n3)ccc2F)CC1. The van der Waals surface area contributed by atoms with Gasteiger partial charge in [-0.05, 0) is 49.7 Å². The van der Waals surface area contributed by atoms with E-state index in [1.165, 1.54) is 6.07 Å². The summed E-state index contributed by atoms with van der Waals surface area (Å²) in [5, 5.41) is 6.56. The molecule has 1 amide bonds. The molecule has 3 aromatic rings. The first-order valence-corrected chi connectivity index (χ1v) is 13.0. The van der Waals surface area contributed by atoms with Crippen LogP contribution in [0.1, 0.15) is 43.6 Å². The van der Waals surface area contributed by atoms with Gasteiger partial charge in [-0.2, -0.15) is 0 Å². The van der Waals surface area contributed by atoms with Crippen molar-refractivity contribution in [1.82, 2.24) is 20.2 Å². The van der Waals surface area contributed by atoms with E-state index < -0.39 is 0 Å². The minimum atomic E-state index is -0.248. The Kier molecular flexibility index (Phi) is 6.81. The zero-order valence-electron chi connectivity index (χ0n) is 21.6. The van der Waals surface area contributed by atoms with Crippen LogP contribution in [0.4, 0.5) is 21.7 Å². The molecule has 0 spiro atoms. The molecule has 1 fully saturated rings. The highest BCUT2D eigenvalue weighted by atomic mass is 35.5. The highest BCUT2D eigenvalue weighted by molar-refractivity contribution is 6.32. The van der Waals surface area contributed by atoms with Crippen LogP contribution in [0.15, 0.2) is 42.6 Å². The van der Waals surface area contributed by atoms with E-state index in [-0.39, 0.29) is 17.1 Å². The summed E-state index contributed by atoms with van der Waals surface area (Å²) >= 11 is 6.51. The summed E-state index contributed by atoms with van der Waals surface area (Å²) in [7, 11) is 0. The Bertz CT molecular complexity index is 1340. The van der Waals surface area contributed by atoms with E-state index in [4.69, 9.17) is 11.6 Å². The van der Waals surface area contributed by atoms with Gasteiger partial charge < -0.3 is 15.5 Å². The van der Waals surface area contributed by atoms with Crippen LogP contribution in [0, 0.1) is 5.82 Å². The van der Waals surface area contributed by atoms with Crippen molar-refractivity contribution in [2.45, 2.75) is 39.2 Å². The van der Waals surface area contributed by atoms with E-state index >= 15 is 0 Å². The molecule has 194 valence electrons. The average Bonchev–Trinajstić information content (AvgIpc) is 2.88. The number of amides is 1. The van der Waals surface area contributed by atoms with E-state index in [2.05, 4.69) is 58.1 Å². The molecule has 0 atom stereocenters. The van der Waals surface area contributed by atoms with E-state index in [9.17, 15) is 9.18 Å². The molecule has 3 heterocycles. The second kappa shape index (κ2) is 9.91. The lowest BCUT2D eigenvalue weighted by Crippen LogP contribution is -2.49. The minimum Gasteiger partial charge on any atom is -0.367 e. The van der Waals surface area contributed by atoms with Crippen molar-refractivity contribution in [3.63, 3.8) is 0 Å². The molecule has 2 aliphatic heterocycles.